The zero-order valence-electron chi connectivity index (χ0n) is 14.8. The Hall–Kier alpha value is -3.18. The molecule has 0 saturated heterocycles. The fourth-order valence-electron chi connectivity index (χ4n) is 3.07. The molecule has 0 aliphatic rings. The molecule has 5 rings (SSSR count). The lowest BCUT2D eigenvalue weighted by molar-refractivity contribution is 0.304. The maximum atomic E-state index is 5.93. The van der Waals surface area contributed by atoms with Gasteiger partial charge in [-0.15, -0.1) is 0 Å². The number of hydrogen-bond donors (Lipinski definition) is 0. The van der Waals surface area contributed by atoms with E-state index in [1.165, 1.54) is 16.3 Å². The van der Waals surface area contributed by atoms with Crippen LogP contribution in [0.2, 0.25) is 0 Å². The first-order chi connectivity index (χ1) is 13.2. The van der Waals surface area contributed by atoms with Gasteiger partial charge in [0.05, 0.1) is 11.9 Å². The molecule has 3 aromatic carbocycles. The molecule has 0 N–H and O–H groups in total. The summed E-state index contributed by atoms with van der Waals surface area (Å²) < 4.78 is 7.77. The smallest absolute Gasteiger partial charge is 0.212 e. The molecule has 2 aromatic heterocycles. The van der Waals surface area contributed by atoms with Crippen LogP contribution in [0.4, 0.5) is 0 Å². The van der Waals surface area contributed by atoms with Gasteiger partial charge in [0.15, 0.2) is 5.01 Å². The monoisotopic (exact) mass is 371 g/mol. The van der Waals surface area contributed by atoms with Crippen LogP contribution in [-0.2, 0) is 6.61 Å². The van der Waals surface area contributed by atoms with Gasteiger partial charge in [-0.25, -0.2) is 9.50 Å². The quantitative estimate of drug-likeness (QED) is 0.419. The van der Waals surface area contributed by atoms with E-state index in [1.54, 1.807) is 11.3 Å². The van der Waals surface area contributed by atoms with Crippen molar-refractivity contribution in [3.63, 3.8) is 0 Å². The van der Waals surface area contributed by atoms with Gasteiger partial charge in [-0.2, -0.15) is 5.10 Å². The summed E-state index contributed by atoms with van der Waals surface area (Å²) >= 11 is 1.55. The van der Waals surface area contributed by atoms with Gasteiger partial charge in [0.1, 0.15) is 12.4 Å². The molecule has 0 saturated carbocycles. The molecule has 2 heterocycles. The van der Waals surface area contributed by atoms with Crippen LogP contribution in [0.5, 0.6) is 5.75 Å². The number of hydrogen-bond acceptors (Lipinski definition) is 4. The van der Waals surface area contributed by atoms with Crippen LogP contribution in [-0.4, -0.2) is 14.6 Å². The van der Waals surface area contributed by atoms with Crippen LogP contribution in [0.25, 0.3) is 27.0 Å². The highest BCUT2D eigenvalue weighted by Gasteiger charge is 2.10. The normalized spacial score (nSPS) is 11.3. The summed E-state index contributed by atoms with van der Waals surface area (Å²) in [6.07, 6.45) is 1.97. The minimum Gasteiger partial charge on any atom is -0.486 e. The molecule has 0 spiro atoms. The Morgan fingerprint density at radius 1 is 0.963 bits per heavy atom. The first kappa shape index (κ1) is 16.0. The standard InChI is InChI=1S/C22H17N3OS/c1-15-6-8-17(9-7-15)20-13-25-22(23-20)27-21(24-25)14-26-19-11-10-16-4-2-3-5-18(16)12-19/h2-13H,14H2,1H3. The predicted octanol–water partition coefficient (Wildman–Crippen LogP) is 5.50. The van der Waals surface area contributed by atoms with E-state index in [-0.39, 0.29) is 0 Å². The molecule has 132 valence electrons. The number of aromatic nitrogens is 3. The summed E-state index contributed by atoms with van der Waals surface area (Å²) in [7, 11) is 0. The fraction of sp³-hybridized carbons (Fsp3) is 0.0909. The van der Waals surface area contributed by atoms with E-state index in [1.807, 2.05) is 28.9 Å². The molecule has 4 nitrogen and oxygen atoms in total. The van der Waals surface area contributed by atoms with Gasteiger partial charge in [-0.05, 0) is 29.8 Å². The number of fused-ring (bicyclic) bond motifs is 2. The van der Waals surface area contributed by atoms with Gasteiger partial charge >= 0.3 is 0 Å². The maximum Gasteiger partial charge on any atom is 0.212 e. The van der Waals surface area contributed by atoms with E-state index >= 15 is 0 Å². The second kappa shape index (κ2) is 6.52. The van der Waals surface area contributed by atoms with Crippen LogP contribution in [0.3, 0.4) is 0 Å². The third-order valence-electron chi connectivity index (χ3n) is 4.52. The summed E-state index contributed by atoms with van der Waals surface area (Å²) in [5.41, 5.74) is 3.29. The molecule has 0 amide bonds. The summed E-state index contributed by atoms with van der Waals surface area (Å²) in [4.78, 5) is 5.57. The molecule has 0 radical (unpaired) electrons. The number of rotatable bonds is 4. The lowest BCUT2D eigenvalue weighted by atomic mass is 10.1. The predicted molar refractivity (Wildman–Crippen MR) is 109 cm³/mol. The number of ether oxygens (including phenoxy) is 1. The Morgan fingerprint density at radius 2 is 1.78 bits per heavy atom. The Kier molecular flexibility index (Phi) is 3.87. The first-order valence-corrected chi connectivity index (χ1v) is 9.60. The Bertz CT molecular complexity index is 1210. The van der Waals surface area contributed by atoms with E-state index in [0.717, 1.165) is 27.0 Å². The molecular formula is C22H17N3OS. The first-order valence-electron chi connectivity index (χ1n) is 8.78. The Morgan fingerprint density at radius 3 is 2.59 bits per heavy atom. The number of nitrogens with zero attached hydrogens (tertiary/aromatic N) is 3. The van der Waals surface area contributed by atoms with Crippen LogP contribution in [0.1, 0.15) is 10.6 Å². The van der Waals surface area contributed by atoms with Crippen LogP contribution >= 0.6 is 11.3 Å². The minimum atomic E-state index is 0.437. The van der Waals surface area contributed by atoms with Crippen LogP contribution in [0.15, 0.2) is 72.9 Å². The second-order valence-corrected chi connectivity index (χ2v) is 7.55. The van der Waals surface area contributed by atoms with Crippen molar-refractivity contribution < 1.29 is 4.74 Å². The van der Waals surface area contributed by atoms with Gasteiger partial charge < -0.3 is 4.74 Å². The van der Waals surface area contributed by atoms with E-state index < -0.39 is 0 Å². The largest absolute Gasteiger partial charge is 0.486 e. The van der Waals surface area contributed by atoms with Crippen molar-refractivity contribution in [3.05, 3.63) is 83.5 Å². The van der Waals surface area contributed by atoms with Crippen molar-refractivity contribution in [1.29, 1.82) is 0 Å². The van der Waals surface area contributed by atoms with E-state index in [9.17, 15) is 0 Å². The average Bonchev–Trinajstić information content (AvgIpc) is 3.25. The zero-order valence-corrected chi connectivity index (χ0v) is 15.6. The summed E-state index contributed by atoms with van der Waals surface area (Å²) in [5, 5.41) is 7.89. The van der Waals surface area contributed by atoms with Gasteiger partial charge in [0.25, 0.3) is 0 Å². The Balaban J connectivity index is 1.34. The Labute approximate surface area is 160 Å². The van der Waals surface area contributed by atoms with Crippen molar-refractivity contribution >= 4 is 27.1 Å². The highest BCUT2D eigenvalue weighted by Crippen LogP contribution is 2.25. The highest BCUT2D eigenvalue weighted by molar-refractivity contribution is 7.16. The van der Waals surface area contributed by atoms with Crippen LogP contribution in [0, 0.1) is 6.92 Å². The molecule has 27 heavy (non-hydrogen) atoms. The molecule has 0 atom stereocenters. The van der Waals surface area contributed by atoms with Gasteiger partial charge in [0.2, 0.25) is 4.96 Å². The second-order valence-electron chi connectivity index (χ2n) is 6.51. The molecular weight excluding hydrogens is 354 g/mol. The van der Waals surface area contributed by atoms with Gasteiger partial charge in [0, 0.05) is 5.56 Å². The van der Waals surface area contributed by atoms with E-state index in [4.69, 9.17) is 9.72 Å². The van der Waals surface area contributed by atoms with E-state index in [0.29, 0.717) is 6.61 Å². The SMILES string of the molecule is Cc1ccc(-c2cn3nc(COc4ccc5ccccc5c4)sc3n2)cc1. The molecule has 0 aliphatic carbocycles. The number of benzene rings is 3. The number of imidazole rings is 1. The van der Waals surface area contributed by atoms with Gasteiger partial charge in [-0.1, -0.05) is 71.5 Å². The van der Waals surface area contributed by atoms with E-state index in [2.05, 4.69) is 60.6 Å². The van der Waals surface area contributed by atoms with Crippen molar-refractivity contribution in [2.24, 2.45) is 0 Å². The third kappa shape index (κ3) is 3.17. The maximum absolute atomic E-state index is 5.93. The van der Waals surface area contributed by atoms with Gasteiger partial charge in [-0.3, -0.25) is 0 Å². The zero-order chi connectivity index (χ0) is 18.2. The lowest BCUT2D eigenvalue weighted by Gasteiger charge is -2.05. The molecule has 0 aliphatic heterocycles. The lowest BCUT2D eigenvalue weighted by Crippen LogP contribution is -1.95. The minimum absolute atomic E-state index is 0.437. The van der Waals surface area contributed by atoms with Crippen molar-refractivity contribution in [2.45, 2.75) is 13.5 Å². The molecule has 5 heteroatoms. The average molecular weight is 371 g/mol. The summed E-state index contributed by atoms with van der Waals surface area (Å²) in [5.74, 6) is 0.849. The number of aryl methyl sites for hydroxylation is 1. The van der Waals surface area contributed by atoms with Crippen molar-refractivity contribution in [1.82, 2.24) is 14.6 Å². The molecule has 0 bridgehead atoms. The highest BCUT2D eigenvalue weighted by atomic mass is 32.1. The van der Waals surface area contributed by atoms with Crippen molar-refractivity contribution in [3.8, 4) is 17.0 Å². The summed E-state index contributed by atoms with van der Waals surface area (Å²) in [6.45, 7) is 2.52. The summed E-state index contributed by atoms with van der Waals surface area (Å²) in [6, 6.07) is 22.8. The molecule has 5 aromatic rings. The fourth-order valence-corrected chi connectivity index (χ4v) is 3.85. The van der Waals surface area contributed by atoms with Crippen molar-refractivity contribution in [2.75, 3.05) is 0 Å². The third-order valence-corrected chi connectivity index (χ3v) is 5.41. The topological polar surface area (TPSA) is 39.4 Å². The molecule has 0 unspecified atom stereocenters. The van der Waals surface area contributed by atoms with Crippen LogP contribution < -0.4 is 4.74 Å². The molecule has 0 fully saturated rings.